The highest BCUT2D eigenvalue weighted by Gasteiger charge is 2.72. The molecule has 2 amide bonds. The van der Waals surface area contributed by atoms with Crippen LogP contribution >= 0.6 is 15.9 Å². The van der Waals surface area contributed by atoms with E-state index in [9.17, 15) is 14.4 Å². The fourth-order valence-electron chi connectivity index (χ4n) is 6.91. The molecule has 4 aromatic rings. The van der Waals surface area contributed by atoms with Crippen molar-refractivity contribution >= 4 is 50.2 Å². The van der Waals surface area contributed by atoms with Gasteiger partial charge in [-0.15, -0.1) is 0 Å². The van der Waals surface area contributed by atoms with Crippen LogP contribution in [0.25, 0.3) is 22.0 Å². The van der Waals surface area contributed by atoms with E-state index in [4.69, 9.17) is 0 Å². The maximum absolute atomic E-state index is 14.2. The second-order valence-corrected chi connectivity index (χ2v) is 13.1. The largest absolute Gasteiger partial charge is 0.325 e. The lowest BCUT2D eigenvalue weighted by Gasteiger charge is -2.28. The molecule has 228 valence electrons. The summed E-state index contributed by atoms with van der Waals surface area (Å²) in [5, 5.41) is 8.22. The number of piperidine rings is 1. The number of Topliss-reactive ketones (excluding diaryl/α,β-unsaturated/α-hetero) is 1. The number of amides is 2. The first-order valence-electron chi connectivity index (χ1n) is 14.6. The summed E-state index contributed by atoms with van der Waals surface area (Å²) in [5.41, 5.74) is 3.27. The minimum Gasteiger partial charge on any atom is -0.325 e. The molecular formula is C32H35BrN8O3. The Morgan fingerprint density at radius 1 is 1.09 bits per heavy atom. The monoisotopic (exact) mass is 658 g/mol. The first-order valence-corrected chi connectivity index (χ1v) is 15.4. The van der Waals surface area contributed by atoms with Gasteiger partial charge in [0.05, 0.1) is 5.52 Å². The molecule has 1 saturated carbocycles. The molecule has 1 aliphatic heterocycles. The van der Waals surface area contributed by atoms with Crippen LogP contribution < -0.4 is 5.32 Å². The average molecular weight is 660 g/mol. The molecule has 1 aromatic carbocycles. The van der Waals surface area contributed by atoms with Gasteiger partial charge in [0.1, 0.15) is 34.5 Å². The zero-order valence-electron chi connectivity index (χ0n) is 25.6. The number of carbonyl (C=O) groups excluding carboxylic acids is 3. The molecule has 2 aliphatic rings. The summed E-state index contributed by atoms with van der Waals surface area (Å²) in [4.78, 5) is 57.6. The zero-order chi connectivity index (χ0) is 31.5. The van der Waals surface area contributed by atoms with Crippen molar-refractivity contribution in [3.8, 4) is 11.1 Å². The molecule has 0 bridgehead atoms. The number of rotatable bonds is 8. The standard InChI is InChI=1S/C32H35BrN8O3/c1-17-7-10-26(33)36-30(17)37-31(44)25-12-32(16-39(5)6)18(2)29(32)41(25)27(43)15-40-24-9-8-21(22-13-34-20(4)35-14-22)11-23(24)28(38-40)19(3)42/h7-11,13-14,18,25,29H,12,15-16H2,1-6H3,(H,36,37,44)/t18-,25+,29+,32+/m1/s1. The SMILES string of the molecule is CC(=O)c1nn(CC(=O)N2[C@H]3[C@@H](C)[C@@]3(CN(C)C)C[C@H]2C(=O)Nc2nc(Br)ccc2C)c2ccc(-c3cnc(C)nc3)cc12. The number of carbonyl (C=O) groups is 3. The predicted molar refractivity (Wildman–Crippen MR) is 170 cm³/mol. The van der Waals surface area contributed by atoms with E-state index in [1.807, 2.05) is 58.3 Å². The van der Waals surface area contributed by atoms with E-state index < -0.39 is 6.04 Å². The van der Waals surface area contributed by atoms with Gasteiger partial charge in [-0.3, -0.25) is 19.1 Å². The summed E-state index contributed by atoms with van der Waals surface area (Å²) in [6.45, 7) is 7.99. The van der Waals surface area contributed by atoms with Crippen LogP contribution in [-0.2, 0) is 16.1 Å². The van der Waals surface area contributed by atoms with Crippen molar-refractivity contribution < 1.29 is 14.4 Å². The molecule has 1 saturated heterocycles. The van der Waals surface area contributed by atoms with E-state index in [-0.39, 0.29) is 47.2 Å². The number of pyridine rings is 1. The number of benzene rings is 1. The normalized spacial score (nSPS) is 22.4. The molecule has 0 unspecified atom stereocenters. The van der Waals surface area contributed by atoms with Gasteiger partial charge in [-0.05, 0) is 85.5 Å². The van der Waals surface area contributed by atoms with Crippen molar-refractivity contribution in [3.05, 3.63) is 64.4 Å². The quantitative estimate of drug-likeness (QED) is 0.220. The minimum absolute atomic E-state index is 0.0769. The van der Waals surface area contributed by atoms with Gasteiger partial charge in [-0.1, -0.05) is 19.1 Å². The Morgan fingerprint density at radius 2 is 1.82 bits per heavy atom. The lowest BCUT2D eigenvalue weighted by molar-refractivity contribution is -0.138. The van der Waals surface area contributed by atoms with Gasteiger partial charge in [0.2, 0.25) is 11.8 Å². The van der Waals surface area contributed by atoms with Crippen molar-refractivity contribution in [3.63, 3.8) is 0 Å². The number of hydrogen-bond donors (Lipinski definition) is 1. The Morgan fingerprint density at radius 3 is 2.50 bits per heavy atom. The van der Waals surface area contributed by atoms with Crippen molar-refractivity contribution in [1.29, 1.82) is 0 Å². The van der Waals surface area contributed by atoms with E-state index >= 15 is 0 Å². The lowest BCUT2D eigenvalue weighted by atomic mass is 9.95. The number of anilines is 1. The molecule has 4 heterocycles. The topological polar surface area (TPSA) is 126 Å². The molecule has 2 fully saturated rings. The molecule has 0 radical (unpaired) electrons. The lowest BCUT2D eigenvalue weighted by Crippen LogP contribution is -2.47. The van der Waals surface area contributed by atoms with Crippen LogP contribution in [0.3, 0.4) is 0 Å². The highest BCUT2D eigenvalue weighted by atomic mass is 79.9. The number of fused-ring (bicyclic) bond motifs is 2. The smallest absolute Gasteiger partial charge is 0.248 e. The first kappa shape index (κ1) is 30.0. The number of ketones is 1. The third-order valence-corrected chi connectivity index (χ3v) is 9.50. The molecule has 1 aliphatic carbocycles. The Bertz CT molecular complexity index is 1800. The molecule has 12 heteroatoms. The Labute approximate surface area is 264 Å². The van der Waals surface area contributed by atoms with E-state index in [2.05, 4.69) is 53.1 Å². The van der Waals surface area contributed by atoms with Gasteiger partial charge in [0.25, 0.3) is 0 Å². The van der Waals surface area contributed by atoms with Crippen LogP contribution in [0.1, 0.15) is 42.1 Å². The molecule has 0 spiro atoms. The van der Waals surface area contributed by atoms with Crippen molar-refractivity contribution in [2.45, 2.75) is 52.7 Å². The second-order valence-electron chi connectivity index (χ2n) is 12.3. The van der Waals surface area contributed by atoms with Crippen LogP contribution in [-0.4, -0.2) is 84.9 Å². The molecule has 4 atom stereocenters. The molecule has 44 heavy (non-hydrogen) atoms. The van der Waals surface area contributed by atoms with Gasteiger partial charge in [0.15, 0.2) is 5.78 Å². The molecular weight excluding hydrogens is 624 g/mol. The summed E-state index contributed by atoms with van der Waals surface area (Å²) in [6.07, 6.45) is 4.04. The van der Waals surface area contributed by atoms with Crippen molar-refractivity contribution in [1.82, 2.24) is 34.5 Å². The molecule has 6 rings (SSSR count). The van der Waals surface area contributed by atoms with Gasteiger partial charge < -0.3 is 15.1 Å². The number of hydrogen-bond acceptors (Lipinski definition) is 8. The van der Waals surface area contributed by atoms with Crippen LogP contribution in [0.4, 0.5) is 5.82 Å². The van der Waals surface area contributed by atoms with E-state index in [0.29, 0.717) is 33.6 Å². The van der Waals surface area contributed by atoms with E-state index in [0.717, 1.165) is 23.2 Å². The highest BCUT2D eigenvalue weighted by Crippen LogP contribution is 2.64. The van der Waals surface area contributed by atoms with Gasteiger partial charge in [0, 0.05) is 48.3 Å². The number of likely N-dealkylation sites (tertiary alicyclic amines) is 1. The van der Waals surface area contributed by atoms with Crippen LogP contribution in [0.2, 0.25) is 0 Å². The van der Waals surface area contributed by atoms with Crippen LogP contribution in [0.5, 0.6) is 0 Å². The second kappa shape index (κ2) is 11.2. The third kappa shape index (κ3) is 5.19. The van der Waals surface area contributed by atoms with Crippen LogP contribution in [0.15, 0.2) is 47.3 Å². The first-order chi connectivity index (χ1) is 20.9. The predicted octanol–water partition coefficient (Wildman–Crippen LogP) is 4.28. The summed E-state index contributed by atoms with van der Waals surface area (Å²) in [7, 11) is 4.03. The fraction of sp³-hybridized carbons (Fsp3) is 0.406. The summed E-state index contributed by atoms with van der Waals surface area (Å²) < 4.78 is 2.20. The Hall–Kier alpha value is -4.03. The van der Waals surface area contributed by atoms with Crippen molar-refractivity contribution in [2.24, 2.45) is 11.3 Å². The molecule has 11 nitrogen and oxygen atoms in total. The maximum atomic E-state index is 14.2. The van der Waals surface area contributed by atoms with Gasteiger partial charge >= 0.3 is 0 Å². The summed E-state index contributed by atoms with van der Waals surface area (Å²) in [5.74, 6) is 0.701. The fourth-order valence-corrected chi connectivity index (χ4v) is 7.22. The maximum Gasteiger partial charge on any atom is 0.248 e. The Kier molecular flexibility index (Phi) is 7.61. The number of halogens is 1. The van der Waals surface area contributed by atoms with Crippen LogP contribution in [0, 0.1) is 25.2 Å². The van der Waals surface area contributed by atoms with Crippen molar-refractivity contribution in [2.75, 3.05) is 26.0 Å². The molecule has 1 N–H and O–H groups in total. The highest BCUT2D eigenvalue weighted by molar-refractivity contribution is 9.10. The summed E-state index contributed by atoms with van der Waals surface area (Å²) in [6, 6.07) is 8.62. The third-order valence-electron chi connectivity index (χ3n) is 9.06. The average Bonchev–Trinajstić information content (AvgIpc) is 3.25. The summed E-state index contributed by atoms with van der Waals surface area (Å²) >= 11 is 3.38. The number of aryl methyl sites for hydroxylation is 2. The zero-order valence-corrected chi connectivity index (χ0v) is 27.2. The van der Waals surface area contributed by atoms with E-state index in [1.54, 1.807) is 22.0 Å². The molecule has 3 aromatic heterocycles. The van der Waals surface area contributed by atoms with Gasteiger partial charge in [-0.25, -0.2) is 15.0 Å². The Balaban J connectivity index is 1.33. The number of nitrogens with one attached hydrogen (secondary N) is 1. The van der Waals surface area contributed by atoms with Gasteiger partial charge in [-0.2, -0.15) is 5.10 Å². The number of nitrogens with zero attached hydrogens (tertiary/aromatic N) is 7. The van der Waals surface area contributed by atoms with E-state index in [1.165, 1.54) is 6.92 Å². The number of aromatic nitrogens is 5. The minimum atomic E-state index is -0.661.